The fourth-order valence-corrected chi connectivity index (χ4v) is 4.53. The number of nitrogens with zero attached hydrogens (tertiary/aromatic N) is 2. The molecule has 0 saturated carbocycles. The largest absolute Gasteiger partial charge is 0.351 e. The Bertz CT molecular complexity index is 1430. The van der Waals surface area contributed by atoms with E-state index in [1.807, 2.05) is 54.6 Å². The van der Waals surface area contributed by atoms with Crippen molar-refractivity contribution < 1.29 is 4.92 Å². The molecule has 1 aliphatic carbocycles. The predicted molar refractivity (Wildman–Crippen MR) is 116 cm³/mol. The van der Waals surface area contributed by atoms with Gasteiger partial charge < -0.3 is 5.32 Å². The van der Waals surface area contributed by atoms with Gasteiger partial charge in [0.05, 0.1) is 31.1 Å². The van der Waals surface area contributed by atoms with Crippen LogP contribution in [-0.2, 0) is 0 Å². The van der Waals surface area contributed by atoms with Crippen LogP contribution in [0.4, 0.5) is 17.1 Å². The predicted octanol–water partition coefficient (Wildman–Crippen LogP) is 5.57. The van der Waals surface area contributed by atoms with Crippen LogP contribution in [0.5, 0.6) is 0 Å². The van der Waals surface area contributed by atoms with Crippen molar-refractivity contribution in [1.29, 1.82) is 0 Å². The smallest absolute Gasteiger partial charge is 0.279 e. The number of fused-ring (bicyclic) bond motifs is 4. The number of benzene rings is 4. The van der Waals surface area contributed by atoms with Crippen LogP contribution in [0, 0.1) is 10.1 Å². The minimum Gasteiger partial charge on any atom is -0.351 e. The molecule has 0 unspecified atom stereocenters. The van der Waals surface area contributed by atoms with Crippen molar-refractivity contribution in [3.05, 3.63) is 93.1 Å². The standard InChI is InChI=1S/C22H13N3O3S/c26-21-14-9-6-11-16(25(27)28)18(14)19-22(20(21)23-13-7-2-1-3-8-13)29-17-12-5-4-10-15(17)24-19/h1-12,23H. The third-order valence-electron chi connectivity index (χ3n) is 4.74. The van der Waals surface area contributed by atoms with E-state index in [4.69, 9.17) is 4.98 Å². The molecule has 5 rings (SSSR count). The molecule has 3 aromatic carbocycles. The van der Waals surface area contributed by atoms with Gasteiger partial charge in [-0.3, -0.25) is 14.9 Å². The number of anilines is 2. The molecule has 3 aromatic rings. The summed E-state index contributed by atoms with van der Waals surface area (Å²) in [6.07, 6.45) is 0. The highest BCUT2D eigenvalue weighted by Gasteiger charge is 2.26. The van der Waals surface area contributed by atoms with Crippen molar-refractivity contribution in [2.75, 3.05) is 5.32 Å². The Morgan fingerprint density at radius 2 is 1.69 bits per heavy atom. The monoisotopic (exact) mass is 399 g/mol. The maximum atomic E-state index is 13.4. The third-order valence-corrected chi connectivity index (χ3v) is 5.91. The summed E-state index contributed by atoms with van der Waals surface area (Å²) in [6.45, 7) is 0. The van der Waals surface area contributed by atoms with E-state index in [0.29, 0.717) is 16.3 Å². The molecule has 1 heterocycles. The second kappa shape index (κ2) is 6.65. The van der Waals surface area contributed by atoms with Crippen LogP contribution >= 0.6 is 11.3 Å². The summed E-state index contributed by atoms with van der Waals surface area (Å²) in [5.41, 5.74) is 1.92. The molecule has 0 aromatic heterocycles. The fraction of sp³-hybridized carbons (Fsp3) is 0. The van der Waals surface area contributed by atoms with Crippen molar-refractivity contribution in [1.82, 2.24) is 4.98 Å². The lowest BCUT2D eigenvalue weighted by atomic mass is 10.0. The highest BCUT2D eigenvalue weighted by Crippen LogP contribution is 2.42. The molecular formula is C22H13N3O3S. The van der Waals surface area contributed by atoms with Gasteiger partial charge in [-0.2, -0.15) is 0 Å². The number of nitrogens with one attached hydrogen (secondary N) is 1. The number of aromatic nitrogens is 1. The topological polar surface area (TPSA) is 85.1 Å². The summed E-state index contributed by atoms with van der Waals surface area (Å²) in [5.74, 6) is 0. The van der Waals surface area contributed by atoms with Crippen LogP contribution in [-0.4, -0.2) is 9.91 Å². The number of nitro benzene ring substituents is 1. The van der Waals surface area contributed by atoms with Crippen molar-refractivity contribution in [3.63, 3.8) is 0 Å². The molecule has 2 aliphatic rings. The number of rotatable bonds is 3. The van der Waals surface area contributed by atoms with Gasteiger partial charge in [0.2, 0.25) is 5.43 Å². The van der Waals surface area contributed by atoms with Crippen LogP contribution in [0.15, 0.2) is 77.6 Å². The Morgan fingerprint density at radius 3 is 2.48 bits per heavy atom. The van der Waals surface area contributed by atoms with E-state index in [0.717, 1.165) is 15.9 Å². The Labute approximate surface area is 168 Å². The molecule has 0 amide bonds. The van der Waals surface area contributed by atoms with E-state index in [-0.39, 0.29) is 21.9 Å². The lowest BCUT2D eigenvalue weighted by molar-refractivity contribution is -0.383. The molecule has 0 radical (unpaired) electrons. The molecule has 29 heavy (non-hydrogen) atoms. The Morgan fingerprint density at radius 1 is 0.931 bits per heavy atom. The van der Waals surface area contributed by atoms with Crippen LogP contribution in [0.3, 0.4) is 0 Å². The van der Waals surface area contributed by atoms with Gasteiger partial charge in [-0.25, -0.2) is 4.98 Å². The fourth-order valence-electron chi connectivity index (χ4n) is 3.45. The average molecular weight is 399 g/mol. The Balaban J connectivity index is 1.96. The maximum absolute atomic E-state index is 13.4. The minimum absolute atomic E-state index is 0.120. The van der Waals surface area contributed by atoms with E-state index in [1.165, 1.54) is 23.5 Å². The van der Waals surface area contributed by atoms with E-state index in [9.17, 15) is 14.9 Å². The average Bonchev–Trinajstić information content (AvgIpc) is 2.75. The molecule has 1 aliphatic heterocycles. The molecule has 0 saturated heterocycles. The quantitative estimate of drug-likeness (QED) is 0.186. The highest BCUT2D eigenvalue weighted by molar-refractivity contribution is 7.22. The van der Waals surface area contributed by atoms with Crippen molar-refractivity contribution in [2.45, 2.75) is 0 Å². The normalized spacial score (nSPS) is 11.2. The first-order chi connectivity index (χ1) is 14.1. The summed E-state index contributed by atoms with van der Waals surface area (Å²) in [7, 11) is 0. The second-order valence-corrected chi connectivity index (χ2v) is 7.56. The Hall–Kier alpha value is -3.84. The number of para-hydroxylation sites is 2. The summed E-state index contributed by atoms with van der Waals surface area (Å²) >= 11 is 1.40. The number of nitro groups is 1. The SMILES string of the molecule is O=c1c(Nc2ccccc2)c2sc3ccccc3nc-2c2c([N+](=O)[O-])cccc12. The van der Waals surface area contributed by atoms with Crippen LogP contribution in [0.1, 0.15) is 0 Å². The Kier molecular flexibility index (Phi) is 3.96. The zero-order valence-electron chi connectivity index (χ0n) is 15.0. The van der Waals surface area contributed by atoms with Gasteiger partial charge >= 0.3 is 0 Å². The summed E-state index contributed by atoms with van der Waals surface area (Å²) in [4.78, 5) is 29.9. The van der Waals surface area contributed by atoms with Gasteiger partial charge in [0, 0.05) is 17.1 Å². The van der Waals surface area contributed by atoms with Gasteiger partial charge in [-0.05, 0) is 30.3 Å². The molecule has 0 atom stereocenters. The second-order valence-electron chi connectivity index (χ2n) is 6.51. The lowest BCUT2D eigenvalue weighted by Crippen LogP contribution is -2.12. The molecule has 0 spiro atoms. The number of hydrogen-bond acceptors (Lipinski definition) is 6. The summed E-state index contributed by atoms with van der Waals surface area (Å²) in [5, 5.41) is 15.4. The van der Waals surface area contributed by atoms with Crippen LogP contribution in [0.2, 0.25) is 0 Å². The van der Waals surface area contributed by atoms with E-state index in [1.54, 1.807) is 6.07 Å². The first kappa shape index (κ1) is 17.3. The number of hydrogen-bond donors (Lipinski definition) is 1. The molecule has 6 nitrogen and oxygen atoms in total. The first-order valence-corrected chi connectivity index (χ1v) is 9.70. The molecular weight excluding hydrogens is 386 g/mol. The minimum atomic E-state index is -0.465. The first-order valence-electron chi connectivity index (χ1n) is 8.88. The van der Waals surface area contributed by atoms with Gasteiger partial charge in [0.15, 0.2) is 0 Å². The maximum Gasteiger partial charge on any atom is 0.279 e. The van der Waals surface area contributed by atoms with E-state index in [2.05, 4.69) is 5.32 Å². The lowest BCUT2D eigenvalue weighted by Gasteiger charge is -2.16. The number of non-ortho nitro benzene ring substituents is 1. The molecule has 0 bridgehead atoms. The molecule has 140 valence electrons. The molecule has 1 N–H and O–H groups in total. The van der Waals surface area contributed by atoms with Crippen LogP contribution < -0.4 is 10.7 Å². The van der Waals surface area contributed by atoms with E-state index >= 15 is 0 Å². The van der Waals surface area contributed by atoms with Crippen molar-refractivity contribution in [3.8, 4) is 10.6 Å². The summed E-state index contributed by atoms with van der Waals surface area (Å²) in [6, 6.07) is 21.5. The molecule has 7 heteroatoms. The molecule has 0 fully saturated rings. The highest BCUT2D eigenvalue weighted by atomic mass is 32.1. The van der Waals surface area contributed by atoms with Gasteiger partial charge in [-0.15, -0.1) is 11.3 Å². The zero-order valence-corrected chi connectivity index (χ0v) is 15.8. The van der Waals surface area contributed by atoms with Crippen LogP contribution in [0.25, 0.3) is 31.6 Å². The van der Waals surface area contributed by atoms with Crippen molar-refractivity contribution >= 4 is 49.4 Å². The third kappa shape index (κ3) is 2.79. The zero-order chi connectivity index (χ0) is 20.0. The summed E-state index contributed by atoms with van der Waals surface area (Å²) < 4.78 is 0.897. The van der Waals surface area contributed by atoms with E-state index < -0.39 is 4.92 Å². The van der Waals surface area contributed by atoms with Gasteiger partial charge in [-0.1, -0.05) is 36.4 Å². The van der Waals surface area contributed by atoms with Gasteiger partial charge in [0.1, 0.15) is 5.69 Å². The van der Waals surface area contributed by atoms with Gasteiger partial charge in [0.25, 0.3) is 5.69 Å². The van der Waals surface area contributed by atoms with Crippen molar-refractivity contribution in [2.24, 2.45) is 0 Å².